The van der Waals surface area contributed by atoms with Crippen molar-refractivity contribution >= 4 is 11.7 Å². The van der Waals surface area contributed by atoms with Crippen molar-refractivity contribution in [2.24, 2.45) is 4.99 Å². The summed E-state index contributed by atoms with van der Waals surface area (Å²) in [4.78, 5) is 16.7. The molecule has 1 aromatic carbocycles. The molecule has 0 bridgehead atoms. The maximum atomic E-state index is 12.1. The Balaban J connectivity index is 1.90. The van der Waals surface area contributed by atoms with E-state index in [1.165, 1.54) is 0 Å². The molecule has 1 spiro atoms. The quantitative estimate of drug-likeness (QED) is 0.863. The SMILES string of the molecule is COc1ccc(C2=NC3(CCCC3)C(=O)N2)cc1. The van der Waals surface area contributed by atoms with Gasteiger partial charge in [0.1, 0.15) is 17.1 Å². The smallest absolute Gasteiger partial charge is 0.253 e. The van der Waals surface area contributed by atoms with E-state index in [1.54, 1.807) is 7.11 Å². The standard InChI is InChI=1S/C14H16N2O2/c1-18-11-6-4-10(5-7-11)12-15-13(17)14(16-12)8-2-3-9-14/h4-7H,2-3,8-9H2,1H3,(H,15,16,17). The second-order valence-electron chi connectivity index (χ2n) is 4.88. The van der Waals surface area contributed by atoms with Crippen molar-refractivity contribution in [3.63, 3.8) is 0 Å². The zero-order valence-electron chi connectivity index (χ0n) is 10.4. The highest BCUT2D eigenvalue weighted by Gasteiger charge is 2.45. The van der Waals surface area contributed by atoms with Gasteiger partial charge in [-0.3, -0.25) is 9.79 Å². The van der Waals surface area contributed by atoms with Crippen LogP contribution >= 0.6 is 0 Å². The van der Waals surface area contributed by atoms with Gasteiger partial charge in [0.15, 0.2) is 0 Å². The van der Waals surface area contributed by atoms with Gasteiger partial charge >= 0.3 is 0 Å². The molecule has 0 unspecified atom stereocenters. The van der Waals surface area contributed by atoms with E-state index in [4.69, 9.17) is 4.74 Å². The number of benzene rings is 1. The number of hydrogen-bond acceptors (Lipinski definition) is 3. The first-order chi connectivity index (χ1) is 8.73. The van der Waals surface area contributed by atoms with Crippen LogP contribution < -0.4 is 10.1 Å². The number of aliphatic imine (C=N–C) groups is 1. The Bertz CT molecular complexity index is 499. The van der Waals surface area contributed by atoms with Gasteiger partial charge in [0.2, 0.25) is 0 Å². The van der Waals surface area contributed by atoms with Crippen LogP contribution in [0.25, 0.3) is 0 Å². The molecule has 2 aliphatic rings. The summed E-state index contributed by atoms with van der Waals surface area (Å²) in [5.41, 5.74) is 0.461. The van der Waals surface area contributed by atoms with Gasteiger partial charge in [0.25, 0.3) is 5.91 Å². The molecule has 1 aliphatic heterocycles. The molecule has 0 radical (unpaired) electrons. The summed E-state index contributed by atoms with van der Waals surface area (Å²) in [6.07, 6.45) is 3.93. The molecular weight excluding hydrogens is 228 g/mol. The summed E-state index contributed by atoms with van der Waals surface area (Å²) in [6.45, 7) is 0. The molecule has 1 heterocycles. The fourth-order valence-corrected chi connectivity index (χ4v) is 2.70. The molecule has 1 aromatic rings. The largest absolute Gasteiger partial charge is 0.497 e. The molecule has 1 fully saturated rings. The molecule has 0 saturated heterocycles. The molecule has 1 amide bonds. The van der Waals surface area contributed by atoms with E-state index in [-0.39, 0.29) is 5.91 Å². The minimum absolute atomic E-state index is 0.0609. The Morgan fingerprint density at radius 2 is 1.89 bits per heavy atom. The molecule has 1 aliphatic carbocycles. The van der Waals surface area contributed by atoms with Gasteiger partial charge < -0.3 is 10.1 Å². The normalized spacial score (nSPS) is 20.9. The molecule has 4 nitrogen and oxygen atoms in total. The van der Waals surface area contributed by atoms with Crippen LogP contribution in [-0.4, -0.2) is 24.4 Å². The van der Waals surface area contributed by atoms with Gasteiger partial charge in [0, 0.05) is 5.56 Å². The zero-order chi connectivity index (χ0) is 12.6. The highest BCUT2D eigenvalue weighted by Crippen LogP contribution is 2.36. The van der Waals surface area contributed by atoms with E-state index in [1.807, 2.05) is 24.3 Å². The number of carbonyl (C=O) groups is 1. The second kappa shape index (κ2) is 4.12. The number of rotatable bonds is 2. The molecule has 18 heavy (non-hydrogen) atoms. The highest BCUT2D eigenvalue weighted by atomic mass is 16.5. The summed E-state index contributed by atoms with van der Waals surface area (Å²) in [5.74, 6) is 1.56. The second-order valence-corrected chi connectivity index (χ2v) is 4.88. The molecule has 1 saturated carbocycles. The van der Waals surface area contributed by atoms with Crippen LogP contribution in [0.4, 0.5) is 0 Å². The number of amidine groups is 1. The van der Waals surface area contributed by atoms with E-state index >= 15 is 0 Å². The third kappa shape index (κ3) is 1.68. The molecule has 94 valence electrons. The topological polar surface area (TPSA) is 50.7 Å². The Hall–Kier alpha value is -1.84. The number of methoxy groups -OCH3 is 1. The van der Waals surface area contributed by atoms with Crippen LogP contribution in [0.3, 0.4) is 0 Å². The van der Waals surface area contributed by atoms with Gasteiger partial charge in [-0.25, -0.2) is 0 Å². The minimum Gasteiger partial charge on any atom is -0.497 e. The van der Waals surface area contributed by atoms with Crippen LogP contribution in [0.5, 0.6) is 5.75 Å². The number of nitrogens with one attached hydrogen (secondary N) is 1. The summed E-state index contributed by atoms with van der Waals surface area (Å²) < 4.78 is 5.12. The number of carbonyl (C=O) groups excluding carboxylic acids is 1. The lowest BCUT2D eigenvalue weighted by Crippen LogP contribution is -2.37. The summed E-state index contributed by atoms with van der Waals surface area (Å²) >= 11 is 0. The first-order valence-corrected chi connectivity index (χ1v) is 6.29. The highest BCUT2D eigenvalue weighted by molar-refractivity contribution is 6.15. The average Bonchev–Trinajstić information content (AvgIpc) is 2.99. The molecule has 1 N–H and O–H groups in total. The molecule has 0 atom stereocenters. The monoisotopic (exact) mass is 244 g/mol. The first-order valence-electron chi connectivity index (χ1n) is 6.29. The molecular formula is C14H16N2O2. The Morgan fingerprint density at radius 3 is 2.50 bits per heavy atom. The Labute approximate surface area is 106 Å². The fourth-order valence-electron chi connectivity index (χ4n) is 2.70. The van der Waals surface area contributed by atoms with E-state index in [0.29, 0.717) is 5.84 Å². The van der Waals surface area contributed by atoms with Crippen LogP contribution in [-0.2, 0) is 4.79 Å². The van der Waals surface area contributed by atoms with Gasteiger partial charge in [-0.05, 0) is 37.1 Å². The van der Waals surface area contributed by atoms with E-state index in [9.17, 15) is 4.79 Å². The Kier molecular flexibility index (Phi) is 2.58. The van der Waals surface area contributed by atoms with Gasteiger partial charge in [-0.15, -0.1) is 0 Å². The van der Waals surface area contributed by atoms with Crippen LogP contribution in [0.15, 0.2) is 29.3 Å². The lowest BCUT2D eigenvalue weighted by Gasteiger charge is -2.14. The van der Waals surface area contributed by atoms with Crippen LogP contribution in [0, 0.1) is 0 Å². The van der Waals surface area contributed by atoms with Crippen LogP contribution in [0.1, 0.15) is 31.2 Å². The fraction of sp³-hybridized carbons (Fsp3) is 0.429. The van der Waals surface area contributed by atoms with E-state index in [0.717, 1.165) is 37.0 Å². The van der Waals surface area contributed by atoms with Gasteiger partial charge in [0.05, 0.1) is 7.11 Å². The number of nitrogens with zero attached hydrogens (tertiary/aromatic N) is 1. The third-order valence-corrected chi connectivity index (χ3v) is 3.77. The van der Waals surface area contributed by atoms with Gasteiger partial charge in [-0.1, -0.05) is 12.8 Å². The van der Waals surface area contributed by atoms with Crippen LogP contribution in [0.2, 0.25) is 0 Å². The number of ether oxygens (including phenoxy) is 1. The summed E-state index contributed by atoms with van der Waals surface area (Å²) in [5, 5.41) is 2.91. The predicted molar refractivity (Wildman–Crippen MR) is 68.9 cm³/mol. The Morgan fingerprint density at radius 1 is 1.22 bits per heavy atom. The maximum absolute atomic E-state index is 12.1. The van der Waals surface area contributed by atoms with Crippen molar-refractivity contribution < 1.29 is 9.53 Å². The van der Waals surface area contributed by atoms with E-state index < -0.39 is 5.54 Å². The van der Waals surface area contributed by atoms with Crippen molar-refractivity contribution in [1.82, 2.24) is 5.32 Å². The predicted octanol–water partition coefficient (Wildman–Crippen LogP) is 1.88. The lowest BCUT2D eigenvalue weighted by atomic mass is 9.99. The zero-order valence-corrected chi connectivity index (χ0v) is 10.4. The van der Waals surface area contributed by atoms with E-state index in [2.05, 4.69) is 10.3 Å². The first kappa shape index (κ1) is 11.3. The maximum Gasteiger partial charge on any atom is 0.253 e. The van der Waals surface area contributed by atoms with Crippen molar-refractivity contribution in [2.75, 3.05) is 7.11 Å². The van der Waals surface area contributed by atoms with Crippen molar-refractivity contribution in [2.45, 2.75) is 31.2 Å². The minimum atomic E-state index is -0.477. The number of amides is 1. The van der Waals surface area contributed by atoms with Crippen molar-refractivity contribution in [3.05, 3.63) is 29.8 Å². The van der Waals surface area contributed by atoms with Crippen molar-refractivity contribution in [1.29, 1.82) is 0 Å². The lowest BCUT2D eigenvalue weighted by molar-refractivity contribution is -0.123. The number of hydrogen-bond donors (Lipinski definition) is 1. The van der Waals surface area contributed by atoms with Crippen molar-refractivity contribution in [3.8, 4) is 5.75 Å². The molecule has 3 rings (SSSR count). The average molecular weight is 244 g/mol. The summed E-state index contributed by atoms with van der Waals surface area (Å²) in [6, 6.07) is 7.60. The third-order valence-electron chi connectivity index (χ3n) is 3.77. The molecule has 4 heteroatoms. The van der Waals surface area contributed by atoms with Gasteiger partial charge in [-0.2, -0.15) is 0 Å². The summed E-state index contributed by atoms with van der Waals surface area (Å²) in [7, 11) is 1.64. The molecule has 0 aromatic heterocycles.